The minimum absolute atomic E-state index is 0.00815. The van der Waals surface area contributed by atoms with Crippen molar-refractivity contribution in [2.45, 2.75) is 44.2 Å². The third-order valence-corrected chi connectivity index (χ3v) is 4.81. The van der Waals surface area contributed by atoms with Gasteiger partial charge in [0.25, 0.3) is 5.91 Å². The van der Waals surface area contributed by atoms with Gasteiger partial charge in [-0.1, -0.05) is 0 Å². The normalized spacial score (nSPS) is 23.3. The summed E-state index contributed by atoms with van der Waals surface area (Å²) in [6.45, 7) is 1.86. The van der Waals surface area contributed by atoms with Gasteiger partial charge < -0.3 is 15.5 Å². The van der Waals surface area contributed by atoms with E-state index < -0.39 is 0 Å². The van der Waals surface area contributed by atoms with Crippen LogP contribution < -0.4 is 10.6 Å². The fraction of sp³-hybridized carbons (Fsp3) is 0.529. The third kappa shape index (κ3) is 2.61. The van der Waals surface area contributed by atoms with Crippen molar-refractivity contribution in [3.8, 4) is 0 Å². The van der Waals surface area contributed by atoms with E-state index in [4.69, 9.17) is 0 Å². The van der Waals surface area contributed by atoms with Gasteiger partial charge in [-0.25, -0.2) is 0 Å². The Labute approximate surface area is 130 Å². The Balaban J connectivity index is 1.53. The zero-order valence-electron chi connectivity index (χ0n) is 12.6. The molecule has 0 radical (unpaired) electrons. The van der Waals surface area contributed by atoms with Gasteiger partial charge in [-0.2, -0.15) is 0 Å². The second-order valence-corrected chi connectivity index (χ2v) is 6.58. The topological polar surface area (TPSA) is 61.4 Å². The molecule has 0 aromatic heterocycles. The van der Waals surface area contributed by atoms with Crippen LogP contribution in [-0.2, 0) is 11.2 Å². The van der Waals surface area contributed by atoms with Crippen molar-refractivity contribution in [2.24, 2.45) is 0 Å². The second kappa shape index (κ2) is 5.39. The first kappa shape index (κ1) is 13.8. The first-order valence-electron chi connectivity index (χ1n) is 8.18. The molecule has 1 aromatic carbocycles. The van der Waals surface area contributed by atoms with Gasteiger partial charge in [0.2, 0.25) is 5.91 Å². The zero-order valence-corrected chi connectivity index (χ0v) is 12.6. The maximum Gasteiger partial charge on any atom is 0.254 e. The lowest BCUT2D eigenvalue weighted by Gasteiger charge is -2.26. The van der Waals surface area contributed by atoms with E-state index in [1.54, 1.807) is 0 Å². The lowest BCUT2D eigenvalue weighted by atomic mass is 10.1. The molecule has 4 rings (SSSR count). The molecule has 1 saturated heterocycles. The van der Waals surface area contributed by atoms with Gasteiger partial charge in [0, 0.05) is 29.9 Å². The van der Waals surface area contributed by atoms with Crippen LogP contribution in [0.1, 0.15) is 41.6 Å². The average molecular weight is 299 g/mol. The standard InChI is InChI=1S/C17H21N3O2/c21-16-9-12-8-11(3-6-15(12)19-16)17(22)20(14-4-5-14)10-13-2-1-7-18-13/h3,6,8,13-14,18H,1-2,4-5,7,9-10H2,(H,19,21)/t13-/m0/s1. The van der Waals surface area contributed by atoms with Gasteiger partial charge in [0.05, 0.1) is 6.42 Å². The van der Waals surface area contributed by atoms with E-state index in [1.807, 2.05) is 23.1 Å². The summed E-state index contributed by atoms with van der Waals surface area (Å²) in [5.41, 5.74) is 2.49. The summed E-state index contributed by atoms with van der Waals surface area (Å²) in [6.07, 6.45) is 4.96. The number of carbonyl (C=O) groups excluding carboxylic acids is 2. The Morgan fingerprint density at radius 2 is 2.14 bits per heavy atom. The molecule has 2 aliphatic heterocycles. The van der Waals surface area contributed by atoms with Gasteiger partial charge in [0.15, 0.2) is 0 Å². The molecular weight excluding hydrogens is 278 g/mol. The van der Waals surface area contributed by atoms with Crippen LogP contribution in [0.25, 0.3) is 0 Å². The number of hydrogen-bond donors (Lipinski definition) is 2. The molecule has 2 heterocycles. The summed E-state index contributed by atoms with van der Waals surface area (Å²) in [4.78, 5) is 26.4. The lowest BCUT2D eigenvalue weighted by Crippen LogP contribution is -2.42. The monoisotopic (exact) mass is 299 g/mol. The highest BCUT2D eigenvalue weighted by atomic mass is 16.2. The van der Waals surface area contributed by atoms with Crippen LogP contribution in [0.2, 0.25) is 0 Å². The molecule has 22 heavy (non-hydrogen) atoms. The Hall–Kier alpha value is -1.88. The van der Waals surface area contributed by atoms with Crippen molar-refractivity contribution >= 4 is 17.5 Å². The van der Waals surface area contributed by atoms with Crippen LogP contribution in [0.3, 0.4) is 0 Å². The van der Waals surface area contributed by atoms with Crippen LogP contribution in [0.5, 0.6) is 0 Å². The summed E-state index contributed by atoms with van der Waals surface area (Å²) in [5.74, 6) is 0.118. The van der Waals surface area contributed by atoms with Crippen LogP contribution in [-0.4, -0.2) is 41.9 Å². The first-order chi connectivity index (χ1) is 10.7. The Bertz CT molecular complexity index is 618. The highest BCUT2D eigenvalue weighted by Gasteiger charge is 2.35. The highest BCUT2D eigenvalue weighted by Crippen LogP contribution is 2.30. The number of fused-ring (bicyclic) bond motifs is 1. The predicted octanol–water partition coefficient (Wildman–Crippen LogP) is 1.54. The molecule has 1 aliphatic carbocycles. The van der Waals surface area contributed by atoms with Gasteiger partial charge in [0.1, 0.15) is 0 Å². The van der Waals surface area contributed by atoms with Crippen molar-refractivity contribution in [3.05, 3.63) is 29.3 Å². The van der Waals surface area contributed by atoms with Crippen LogP contribution in [0.15, 0.2) is 18.2 Å². The molecule has 3 aliphatic rings. The van der Waals surface area contributed by atoms with E-state index in [-0.39, 0.29) is 11.8 Å². The largest absolute Gasteiger partial charge is 0.334 e. The molecule has 5 heteroatoms. The number of nitrogens with zero attached hydrogens (tertiary/aromatic N) is 1. The zero-order chi connectivity index (χ0) is 15.1. The van der Waals surface area contributed by atoms with Gasteiger partial charge in [-0.3, -0.25) is 9.59 Å². The van der Waals surface area contributed by atoms with Gasteiger partial charge in [-0.15, -0.1) is 0 Å². The SMILES string of the molecule is O=C1Cc2cc(C(=O)N(C[C@@H]3CCCN3)C3CC3)ccc2N1. The molecule has 1 atom stereocenters. The fourth-order valence-corrected chi connectivity index (χ4v) is 3.46. The number of amides is 2. The average Bonchev–Trinajstić information content (AvgIpc) is 3.08. The molecule has 0 spiro atoms. The Morgan fingerprint density at radius 1 is 1.27 bits per heavy atom. The Morgan fingerprint density at radius 3 is 2.86 bits per heavy atom. The Kier molecular flexibility index (Phi) is 3.37. The molecule has 0 bridgehead atoms. The molecular formula is C17H21N3O2. The number of benzene rings is 1. The summed E-state index contributed by atoms with van der Waals surface area (Å²) < 4.78 is 0. The number of hydrogen-bond acceptors (Lipinski definition) is 3. The third-order valence-electron chi connectivity index (χ3n) is 4.81. The molecule has 2 amide bonds. The number of anilines is 1. The van der Waals surface area contributed by atoms with Crippen LogP contribution in [0.4, 0.5) is 5.69 Å². The molecule has 1 aromatic rings. The summed E-state index contributed by atoms with van der Waals surface area (Å²) in [6, 6.07) is 6.41. The van der Waals surface area contributed by atoms with Crippen LogP contribution in [0, 0.1) is 0 Å². The molecule has 5 nitrogen and oxygen atoms in total. The van der Waals surface area contributed by atoms with E-state index in [0.29, 0.717) is 24.1 Å². The number of nitrogens with one attached hydrogen (secondary N) is 2. The van der Waals surface area contributed by atoms with Crippen LogP contribution >= 0.6 is 0 Å². The highest BCUT2D eigenvalue weighted by molar-refractivity contribution is 6.01. The summed E-state index contributed by atoms with van der Waals surface area (Å²) >= 11 is 0. The number of rotatable bonds is 4. The van der Waals surface area contributed by atoms with E-state index in [9.17, 15) is 9.59 Å². The van der Waals surface area contributed by atoms with E-state index in [1.165, 1.54) is 6.42 Å². The van der Waals surface area contributed by atoms with Crippen molar-refractivity contribution in [1.29, 1.82) is 0 Å². The maximum absolute atomic E-state index is 12.9. The molecule has 0 unspecified atom stereocenters. The molecule has 1 saturated carbocycles. The van der Waals surface area contributed by atoms with Gasteiger partial charge >= 0.3 is 0 Å². The van der Waals surface area contributed by atoms with Crippen molar-refractivity contribution in [2.75, 3.05) is 18.4 Å². The predicted molar refractivity (Wildman–Crippen MR) is 83.9 cm³/mol. The van der Waals surface area contributed by atoms with Crippen molar-refractivity contribution < 1.29 is 9.59 Å². The van der Waals surface area contributed by atoms with Crippen molar-refractivity contribution in [1.82, 2.24) is 10.2 Å². The molecule has 2 N–H and O–H groups in total. The minimum atomic E-state index is 0.00815. The molecule has 2 fully saturated rings. The summed E-state index contributed by atoms with van der Waals surface area (Å²) in [7, 11) is 0. The maximum atomic E-state index is 12.9. The van der Waals surface area contributed by atoms with E-state index in [0.717, 1.165) is 43.6 Å². The van der Waals surface area contributed by atoms with Gasteiger partial charge in [-0.05, 0) is 56.0 Å². The van der Waals surface area contributed by atoms with E-state index in [2.05, 4.69) is 10.6 Å². The number of carbonyl (C=O) groups is 2. The lowest BCUT2D eigenvalue weighted by molar-refractivity contribution is -0.115. The quantitative estimate of drug-likeness (QED) is 0.886. The van der Waals surface area contributed by atoms with E-state index >= 15 is 0 Å². The fourth-order valence-electron chi connectivity index (χ4n) is 3.46. The second-order valence-electron chi connectivity index (χ2n) is 6.58. The summed E-state index contributed by atoms with van der Waals surface area (Å²) in [5, 5.41) is 6.29. The van der Waals surface area contributed by atoms with Crippen molar-refractivity contribution in [3.63, 3.8) is 0 Å². The molecule has 116 valence electrons. The smallest absolute Gasteiger partial charge is 0.254 e. The first-order valence-corrected chi connectivity index (χ1v) is 8.18. The minimum Gasteiger partial charge on any atom is -0.334 e.